The standard InChI is InChI=1S/C11H13ClN2O2/c12-8-5-9(7-1-3-13-4-2-7)14-10(6-8)11(15)16/h5-7,13H,1-4H2,(H,15,16). The van der Waals surface area contributed by atoms with Crippen LogP contribution in [0.4, 0.5) is 0 Å². The first-order chi connectivity index (χ1) is 7.66. The van der Waals surface area contributed by atoms with Crippen molar-refractivity contribution in [3.05, 3.63) is 28.5 Å². The normalized spacial score (nSPS) is 17.3. The number of pyridine rings is 1. The molecule has 0 aromatic carbocycles. The summed E-state index contributed by atoms with van der Waals surface area (Å²) in [6, 6.07) is 3.15. The van der Waals surface area contributed by atoms with Gasteiger partial charge in [-0.25, -0.2) is 9.78 Å². The summed E-state index contributed by atoms with van der Waals surface area (Å²) in [5.74, 6) is -0.712. The van der Waals surface area contributed by atoms with Gasteiger partial charge in [0.15, 0.2) is 0 Å². The van der Waals surface area contributed by atoms with E-state index in [4.69, 9.17) is 16.7 Å². The molecule has 86 valence electrons. The Hall–Kier alpha value is -1.13. The van der Waals surface area contributed by atoms with Crippen molar-refractivity contribution in [2.45, 2.75) is 18.8 Å². The zero-order valence-corrected chi connectivity index (χ0v) is 9.50. The van der Waals surface area contributed by atoms with E-state index in [1.807, 2.05) is 0 Å². The van der Waals surface area contributed by atoms with Gasteiger partial charge in [-0.05, 0) is 38.1 Å². The molecule has 0 aliphatic carbocycles. The lowest BCUT2D eigenvalue weighted by Crippen LogP contribution is -2.27. The highest BCUT2D eigenvalue weighted by Gasteiger charge is 2.18. The number of aromatic carboxylic acids is 1. The lowest BCUT2D eigenvalue weighted by molar-refractivity contribution is 0.0690. The maximum absolute atomic E-state index is 10.9. The predicted molar refractivity (Wildman–Crippen MR) is 61.1 cm³/mol. The summed E-state index contributed by atoms with van der Waals surface area (Å²) >= 11 is 5.89. The molecule has 2 rings (SSSR count). The first kappa shape index (κ1) is 11.4. The minimum Gasteiger partial charge on any atom is -0.477 e. The molecule has 1 aliphatic heterocycles. The molecular weight excluding hydrogens is 228 g/mol. The molecule has 0 radical (unpaired) electrons. The molecule has 0 unspecified atom stereocenters. The summed E-state index contributed by atoms with van der Waals surface area (Å²) in [6.45, 7) is 1.89. The Kier molecular flexibility index (Phi) is 3.41. The molecule has 1 aromatic heterocycles. The molecule has 1 aromatic rings. The molecule has 1 aliphatic rings. The minimum atomic E-state index is -1.03. The van der Waals surface area contributed by atoms with Crippen molar-refractivity contribution in [3.63, 3.8) is 0 Å². The highest BCUT2D eigenvalue weighted by molar-refractivity contribution is 6.30. The van der Waals surface area contributed by atoms with Crippen molar-refractivity contribution in [2.75, 3.05) is 13.1 Å². The molecule has 1 saturated heterocycles. The Labute approximate surface area is 98.6 Å². The van der Waals surface area contributed by atoms with E-state index in [2.05, 4.69) is 10.3 Å². The molecule has 0 atom stereocenters. The summed E-state index contributed by atoms with van der Waals surface area (Å²) < 4.78 is 0. The van der Waals surface area contributed by atoms with Crippen LogP contribution >= 0.6 is 11.6 Å². The smallest absolute Gasteiger partial charge is 0.354 e. The van der Waals surface area contributed by atoms with Gasteiger partial charge in [-0.1, -0.05) is 11.6 Å². The average molecular weight is 241 g/mol. The zero-order chi connectivity index (χ0) is 11.5. The lowest BCUT2D eigenvalue weighted by atomic mass is 9.94. The highest BCUT2D eigenvalue weighted by Crippen LogP contribution is 2.26. The minimum absolute atomic E-state index is 0.0287. The number of nitrogens with zero attached hydrogens (tertiary/aromatic N) is 1. The fourth-order valence-electron chi connectivity index (χ4n) is 1.95. The number of hydrogen-bond acceptors (Lipinski definition) is 3. The third-order valence-corrected chi connectivity index (χ3v) is 3.00. The SMILES string of the molecule is O=C(O)c1cc(Cl)cc(C2CCNCC2)n1. The molecule has 0 amide bonds. The number of carbonyl (C=O) groups is 1. The average Bonchev–Trinajstić information content (AvgIpc) is 2.29. The van der Waals surface area contributed by atoms with Crippen molar-refractivity contribution in [1.29, 1.82) is 0 Å². The van der Waals surface area contributed by atoms with E-state index in [9.17, 15) is 4.79 Å². The second-order valence-corrected chi connectivity index (χ2v) is 4.36. The number of carboxylic acids is 1. The Balaban J connectivity index is 2.28. The van der Waals surface area contributed by atoms with Crippen molar-refractivity contribution >= 4 is 17.6 Å². The fraction of sp³-hybridized carbons (Fsp3) is 0.455. The predicted octanol–water partition coefficient (Wildman–Crippen LogP) is 1.90. The number of hydrogen-bond donors (Lipinski definition) is 2. The van der Waals surface area contributed by atoms with Gasteiger partial charge in [-0.15, -0.1) is 0 Å². The van der Waals surface area contributed by atoms with Crippen LogP contribution in [0.5, 0.6) is 0 Å². The van der Waals surface area contributed by atoms with E-state index < -0.39 is 5.97 Å². The van der Waals surface area contributed by atoms with Crippen molar-refractivity contribution in [2.24, 2.45) is 0 Å². The number of carboxylic acid groups (broad SMARTS) is 1. The van der Waals surface area contributed by atoms with Gasteiger partial charge < -0.3 is 10.4 Å². The third-order valence-electron chi connectivity index (χ3n) is 2.79. The van der Waals surface area contributed by atoms with E-state index in [-0.39, 0.29) is 5.69 Å². The van der Waals surface area contributed by atoms with Gasteiger partial charge in [0.25, 0.3) is 0 Å². The zero-order valence-electron chi connectivity index (χ0n) is 8.74. The van der Waals surface area contributed by atoms with Crippen LogP contribution in [0.25, 0.3) is 0 Å². The van der Waals surface area contributed by atoms with Crippen LogP contribution in [0, 0.1) is 0 Å². The summed E-state index contributed by atoms with van der Waals surface area (Å²) in [4.78, 5) is 15.0. The second kappa shape index (κ2) is 4.80. The van der Waals surface area contributed by atoms with Crippen LogP contribution < -0.4 is 5.32 Å². The fourth-order valence-corrected chi connectivity index (χ4v) is 2.17. The Morgan fingerprint density at radius 3 is 2.75 bits per heavy atom. The van der Waals surface area contributed by atoms with E-state index in [0.717, 1.165) is 31.6 Å². The number of piperidine rings is 1. The summed E-state index contributed by atoms with van der Waals surface area (Å²) in [5, 5.41) is 12.6. The van der Waals surface area contributed by atoms with Gasteiger partial charge in [0.2, 0.25) is 0 Å². The monoisotopic (exact) mass is 240 g/mol. The molecule has 0 spiro atoms. The third kappa shape index (κ3) is 2.51. The largest absolute Gasteiger partial charge is 0.477 e. The molecule has 2 heterocycles. The van der Waals surface area contributed by atoms with E-state index in [0.29, 0.717) is 10.9 Å². The molecule has 16 heavy (non-hydrogen) atoms. The maximum Gasteiger partial charge on any atom is 0.354 e. The summed E-state index contributed by atoms with van der Waals surface area (Å²) in [5.41, 5.74) is 0.826. The second-order valence-electron chi connectivity index (χ2n) is 3.92. The van der Waals surface area contributed by atoms with E-state index in [1.165, 1.54) is 6.07 Å². The number of halogens is 1. The van der Waals surface area contributed by atoms with Crippen molar-refractivity contribution in [3.8, 4) is 0 Å². The van der Waals surface area contributed by atoms with Crippen LogP contribution in [0.3, 0.4) is 0 Å². The Bertz CT molecular complexity index is 403. The van der Waals surface area contributed by atoms with Crippen LogP contribution in [0.15, 0.2) is 12.1 Å². The van der Waals surface area contributed by atoms with Gasteiger partial charge in [-0.2, -0.15) is 0 Å². The van der Waals surface area contributed by atoms with Crippen LogP contribution in [-0.4, -0.2) is 29.1 Å². The van der Waals surface area contributed by atoms with Gasteiger partial charge in [0.1, 0.15) is 5.69 Å². The lowest BCUT2D eigenvalue weighted by Gasteiger charge is -2.22. The summed E-state index contributed by atoms with van der Waals surface area (Å²) in [6.07, 6.45) is 1.96. The van der Waals surface area contributed by atoms with Gasteiger partial charge in [-0.3, -0.25) is 0 Å². The highest BCUT2D eigenvalue weighted by atomic mass is 35.5. The van der Waals surface area contributed by atoms with Gasteiger partial charge in [0.05, 0.1) is 0 Å². The number of rotatable bonds is 2. The number of nitrogens with one attached hydrogen (secondary N) is 1. The first-order valence-electron chi connectivity index (χ1n) is 5.28. The topological polar surface area (TPSA) is 62.2 Å². The molecule has 2 N–H and O–H groups in total. The van der Waals surface area contributed by atoms with Crippen molar-refractivity contribution in [1.82, 2.24) is 10.3 Å². The molecule has 4 nitrogen and oxygen atoms in total. The van der Waals surface area contributed by atoms with E-state index in [1.54, 1.807) is 6.07 Å². The molecule has 1 fully saturated rings. The Morgan fingerprint density at radius 2 is 2.12 bits per heavy atom. The molecule has 5 heteroatoms. The molecule has 0 bridgehead atoms. The quantitative estimate of drug-likeness (QED) is 0.829. The van der Waals surface area contributed by atoms with Crippen molar-refractivity contribution < 1.29 is 9.90 Å². The van der Waals surface area contributed by atoms with Gasteiger partial charge in [0, 0.05) is 16.6 Å². The van der Waals surface area contributed by atoms with Crippen LogP contribution in [-0.2, 0) is 0 Å². The van der Waals surface area contributed by atoms with E-state index >= 15 is 0 Å². The Morgan fingerprint density at radius 1 is 1.44 bits per heavy atom. The molecular formula is C11H13ClN2O2. The van der Waals surface area contributed by atoms with Crippen LogP contribution in [0.1, 0.15) is 34.9 Å². The van der Waals surface area contributed by atoms with Gasteiger partial charge >= 0.3 is 5.97 Å². The van der Waals surface area contributed by atoms with Crippen LogP contribution in [0.2, 0.25) is 5.02 Å². The first-order valence-corrected chi connectivity index (χ1v) is 5.66. The maximum atomic E-state index is 10.9. The summed E-state index contributed by atoms with van der Waals surface area (Å²) in [7, 11) is 0. The molecule has 0 saturated carbocycles. The number of aromatic nitrogens is 1.